The van der Waals surface area contributed by atoms with Crippen molar-refractivity contribution in [1.82, 2.24) is 10.2 Å². The quantitative estimate of drug-likeness (QED) is 0.175. The summed E-state index contributed by atoms with van der Waals surface area (Å²) in [5, 5.41) is 3.28. The highest BCUT2D eigenvalue weighted by Gasteiger charge is 2.36. The second kappa shape index (κ2) is 14.9. The average Bonchev–Trinajstić information content (AvgIpc) is 3.00. The first-order valence-corrected chi connectivity index (χ1v) is 16.9. The van der Waals surface area contributed by atoms with Crippen LogP contribution in [-0.2, 0) is 32.6 Å². The fourth-order valence-corrected chi connectivity index (χ4v) is 6.80. The van der Waals surface area contributed by atoms with Gasteiger partial charge in [0.2, 0.25) is 11.8 Å². The van der Waals surface area contributed by atoms with E-state index in [4.69, 9.17) is 34.8 Å². The Labute approximate surface area is 283 Å². The first-order chi connectivity index (χ1) is 21.7. The lowest BCUT2D eigenvalue weighted by molar-refractivity contribution is -0.140. The van der Waals surface area contributed by atoms with Gasteiger partial charge in [0.15, 0.2) is 0 Å². The summed E-state index contributed by atoms with van der Waals surface area (Å²) in [6.45, 7) is 4.57. The van der Waals surface area contributed by atoms with Crippen LogP contribution in [0.5, 0.6) is 0 Å². The second-order valence-corrected chi connectivity index (χ2v) is 14.7. The summed E-state index contributed by atoms with van der Waals surface area (Å²) in [4.78, 5) is 29.7. The molecule has 1 N–H and O–H groups in total. The highest BCUT2D eigenvalue weighted by molar-refractivity contribution is 7.92. The molecule has 0 radical (unpaired) electrons. The molecule has 2 amide bonds. The highest BCUT2D eigenvalue weighted by atomic mass is 35.5. The second-order valence-electron chi connectivity index (χ2n) is 11.6. The summed E-state index contributed by atoms with van der Waals surface area (Å²) in [7, 11) is -4.37. The zero-order chi connectivity index (χ0) is 33.6. The number of hydrogen-bond donors (Lipinski definition) is 1. The monoisotopic (exact) mass is 703 g/mol. The fourth-order valence-electron chi connectivity index (χ4n) is 4.73. The summed E-state index contributed by atoms with van der Waals surface area (Å²) < 4.78 is 43.1. The molecule has 12 heteroatoms. The lowest BCUT2D eigenvalue weighted by atomic mass is 10.0. The van der Waals surface area contributed by atoms with Crippen molar-refractivity contribution in [3.8, 4) is 0 Å². The lowest BCUT2D eigenvalue weighted by Gasteiger charge is -2.35. The van der Waals surface area contributed by atoms with Crippen molar-refractivity contribution in [3.63, 3.8) is 0 Å². The predicted octanol–water partition coefficient (Wildman–Crippen LogP) is 7.54. The van der Waals surface area contributed by atoms with Gasteiger partial charge in [-0.2, -0.15) is 0 Å². The number of amides is 2. The lowest BCUT2D eigenvalue weighted by Crippen LogP contribution is -2.56. The summed E-state index contributed by atoms with van der Waals surface area (Å²) in [5.74, 6) is -1.91. The van der Waals surface area contributed by atoms with Gasteiger partial charge < -0.3 is 10.2 Å². The Morgan fingerprint density at radius 3 is 2.07 bits per heavy atom. The van der Waals surface area contributed by atoms with E-state index in [9.17, 15) is 22.4 Å². The molecule has 0 heterocycles. The Balaban J connectivity index is 1.85. The Morgan fingerprint density at radius 1 is 0.848 bits per heavy atom. The maximum absolute atomic E-state index is 14.5. The minimum atomic E-state index is -4.37. The Kier molecular flexibility index (Phi) is 11.4. The van der Waals surface area contributed by atoms with Crippen molar-refractivity contribution in [2.75, 3.05) is 10.8 Å². The van der Waals surface area contributed by atoms with Gasteiger partial charge in [-0.1, -0.05) is 89.4 Å². The van der Waals surface area contributed by atoms with E-state index >= 15 is 0 Å². The van der Waals surface area contributed by atoms with E-state index in [0.29, 0.717) is 10.6 Å². The molecule has 0 unspecified atom stereocenters. The number of anilines is 1. The van der Waals surface area contributed by atoms with E-state index in [1.54, 1.807) is 30.3 Å². The molecule has 0 aliphatic carbocycles. The minimum absolute atomic E-state index is 0.0353. The maximum atomic E-state index is 14.5. The van der Waals surface area contributed by atoms with Crippen LogP contribution in [0.2, 0.25) is 15.1 Å². The van der Waals surface area contributed by atoms with Crippen LogP contribution >= 0.6 is 34.8 Å². The van der Waals surface area contributed by atoms with E-state index in [0.717, 1.165) is 22.0 Å². The van der Waals surface area contributed by atoms with Crippen LogP contribution < -0.4 is 9.62 Å². The molecule has 0 aliphatic heterocycles. The van der Waals surface area contributed by atoms with Gasteiger partial charge in [0.05, 0.1) is 15.6 Å². The third-order valence-corrected chi connectivity index (χ3v) is 9.59. The van der Waals surface area contributed by atoms with E-state index in [2.05, 4.69) is 5.32 Å². The summed E-state index contributed by atoms with van der Waals surface area (Å²) >= 11 is 18.7. The summed E-state index contributed by atoms with van der Waals surface area (Å²) in [5.41, 5.74) is 0.581. The molecule has 0 saturated carbocycles. The number of halogens is 4. The standard InChI is InChI=1S/C34H33Cl3FN3O4S/c1-34(2,3)39-33(43)31(18-23-10-6-4-7-11-23)40(21-24-14-15-25(35)19-28(24)36)32(42)22-41(26-16-17-30(38)29(37)20-26)46(44,45)27-12-8-5-9-13-27/h4-17,19-20,31H,18,21-22H2,1-3H3,(H,39,43)/t31-/m1/s1. The van der Waals surface area contributed by atoms with Crippen LogP contribution in [0, 0.1) is 5.82 Å². The van der Waals surface area contributed by atoms with E-state index < -0.39 is 45.8 Å². The molecular formula is C34H33Cl3FN3O4S. The Hall–Kier alpha value is -3.63. The number of sulfonamides is 1. The largest absolute Gasteiger partial charge is 0.350 e. The number of carbonyl (C=O) groups excluding carboxylic acids is 2. The molecular weight excluding hydrogens is 672 g/mol. The number of nitrogens with one attached hydrogen (secondary N) is 1. The van der Waals surface area contributed by atoms with Crippen LogP contribution in [0.25, 0.3) is 0 Å². The number of hydrogen-bond acceptors (Lipinski definition) is 4. The first kappa shape index (κ1) is 35.2. The van der Waals surface area contributed by atoms with Crippen LogP contribution in [0.15, 0.2) is 102 Å². The molecule has 0 aliphatic rings. The summed E-state index contributed by atoms with van der Waals surface area (Å²) in [6.07, 6.45) is 0.119. The van der Waals surface area contributed by atoms with Gasteiger partial charge in [-0.25, -0.2) is 12.8 Å². The molecule has 7 nitrogen and oxygen atoms in total. The Bertz CT molecular complexity index is 1800. The van der Waals surface area contributed by atoms with Gasteiger partial charge in [-0.3, -0.25) is 13.9 Å². The molecule has 242 valence electrons. The molecule has 0 spiro atoms. The molecule has 4 aromatic carbocycles. The number of rotatable bonds is 11. The van der Waals surface area contributed by atoms with Gasteiger partial charge in [0, 0.05) is 28.5 Å². The van der Waals surface area contributed by atoms with Crippen molar-refractivity contribution in [1.29, 1.82) is 0 Å². The van der Waals surface area contributed by atoms with Crippen LogP contribution in [0.4, 0.5) is 10.1 Å². The van der Waals surface area contributed by atoms with Crippen molar-refractivity contribution >= 4 is 62.3 Å². The van der Waals surface area contributed by atoms with Gasteiger partial charge in [-0.15, -0.1) is 0 Å². The van der Waals surface area contributed by atoms with Crippen molar-refractivity contribution in [2.45, 2.75) is 50.2 Å². The predicted molar refractivity (Wildman–Crippen MR) is 181 cm³/mol. The number of benzene rings is 4. The minimum Gasteiger partial charge on any atom is -0.350 e. The Morgan fingerprint density at radius 2 is 1.48 bits per heavy atom. The highest BCUT2D eigenvalue weighted by Crippen LogP contribution is 2.29. The summed E-state index contributed by atoms with van der Waals surface area (Å²) in [6, 6.07) is 23.8. The van der Waals surface area contributed by atoms with Crippen LogP contribution in [0.1, 0.15) is 31.9 Å². The van der Waals surface area contributed by atoms with Crippen LogP contribution in [-0.4, -0.2) is 43.3 Å². The molecule has 0 aromatic heterocycles. The zero-order valence-corrected chi connectivity index (χ0v) is 28.5. The van der Waals surface area contributed by atoms with Crippen molar-refractivity contribution in [2.24, 2.45) is 0 Å². The number of carbonyl (C=O) groups is 2. The van der Waals surface area contributed by atoms with E-state index in [1.165, 1.54) is 29.2 Å². The third-order valence-electron chi connectivity index (χ3n) is 6.93. The van der Waals surface area contributed by atoms with Gasteiger partial charge >= 0.3 is 0 Å². The van der Waals surface area contributed by atoms with Crippen molar-refractivity contribution < 1.29 is 22.4 Å². The molecule has 4 rings (SSSR count). The normalized spacial score (nSPS) is 12.3. The smallest absolute Gasteiger partial charge is 0.264 e. The van der Waals surface area contributed by atoms with E-state index in [-0.39, 0.29) is 33.6 Å². The molecule has 0 fully saturated rings. The van der Waals surface area contributed by atoms with Gasteiger partial charge in [0.1, 0.15) is 18.4 Å². The average molecular weight is 705 g/mol. The van der Waals surface area contributed by atoms with Crippen molar-refractivity contribution in [3.05, 3.63) is 129 Å². The zero-order valence-electron chi connectivity index (χ0n) is 25.4. The molecule has 4 aromatic rings. The molecule has 0 bridgehead atoms. The third kappa shape index (κ3) is 9.00. The molecule has 1 atom stereocenters. The fraction of sp³-hybridized carbons (Fsp3) is 0.235. The van der Waals surface area contributed by atoms with Crippen LogP contribution in [0.3, 0.4) is 0 Å². The van der Waals surface area contributed by atoms with E-state index in [1.807, 2.05) is 51.1 Å². The first-order valence-electron chi connectivity index (χ1n) is 14.3. The molecule has 46 heavy (non-hydrogen) atoms. The molecule has 0 saturated heterocycles. The van der Waals surface area contributed by atoms with Gasteiger partial charge in [-0.05, 0) is 74.4 Å². The maximum Gasteiger partial charge on any atom is 0.264 e. The van der Waals surface area contributed by atoms with Gasteiger partial charge in [0.25, 0.3) is 10.0 Å². The number of nitrogens with zero attached hydrogens (tertiary/aromatic N) is 2. The topological polar surface area (TPSA) is 86.8 Å². The SMILES string of the molecule is CC(C)(C)NC(=O)[C@@H](Cc1ccccc1)N(Cc1ccc(Cl)cc1Cl)C(=O)CN(c1ccc(F)c(Cl)c1)S(=O)(=O)c1ccccc1.